The average Bonchev–Trinajstić information content (AvgIpc) is 2.53. The number of halogens is 1. The third-order valence-corrected chi connectivity index (χ3v) is 3.39. The van der Waals surface area contributed by atoms with Crippen LogP contribution in [0.15, 0.2) is 54.4 Å². The molecule has 0 aliphatic carbocycles. The summed E-state index contributed by atoms with van der Waals surface area (Å²) in [4.78, 5) is 4.05. The number of aromatic nitrogens is 1. The molecule has 1 aromatic carbocycles. The van der Waals surface area contributed by atoms with Gasteiger partial charge in [-0.1, -0.05) is 37.6 Å². The van der Waals surface area contributed by atoms with Crippen LogP contribution in [0.3, 0.4) is 0 Å². The van der Waals surface area contributed by atoms with Gasteiger partial charge in [-0.05, 0) is 42.2 Å². The van der Waals surface area contributed by atoms with Crippen LogP contribution in [0.1, 0.15) is 43.4 Å². The molecule has 1 N–H and O–H groups in total. The maximum atomic E-state index is 13.0. The number of hydrogen-bond donors (Lipinski definition) is 1. The van der Waals surface area contributed by atoms with Gasteiger partial charge in [-0.15, -0.1) is 0 Å². The van der Waals surface area contributed by atoms with E-state index in [0.717, 1.165) is 36.0 Å². The number of pyridine rings is 1. The first kappa shape index (κ1) is 15.4. The van der Waals surface area contributed by atoms with Crippen LogP contribution in [0.2, 0.25) is 0 Å². The third kappa shape index (κ3) is 4.50. The van der Waals surface area contributed by atoms with Crippen molar-refractivity contribution in [1.29, 1.82) is 0 Å². The molecule has 1 heterocycles. The number of nitrogens with zero attached hydrogens (tertiary/aromatic N) is 1. The van der Waals surface area contributed by atoms with E-state index in [-0.39, 0.29) is 5.82 Å². The van der Waals surface area contributed by atoms with E-state index < -0.39 is 6.10 Å². The van der Waals surface area contributed by atoms with Crippen molar-refractivity contribution < 1.29 is 9.50 Å². The van der Waals surface area contributed by atoms with Crippen molar-refractivity contribution in [2.24, 2.45) is 0 Å². The van der Waals surface area contributed by atoms with Crippen molar-refractivity contribution in [1.82, 2.24) is 4.98 Å². The molecular formula is C18H20FNO. The highest BCUT2D eigenvalue weighted by molar-refractivity contribution is 5.54. The molecule has 0 saturated carbocycles. The first-order chi connectivity index (χ1) is 10.2. The van der Waals surface area contributed by atoms with Crippen molar-refractivity contribution in [2.75, 3.05) is 0 Å². The molecule has 0 spiro atoms. The van der Waals surface area contributed by atoms with Crippen molar-refractivity contribution in [3.63, 3.8) is 0 Å². The van der Waals surface area contributed by atoms with E-state index in [1.165, 1.54) is 12.1 Å². The van der Waals surface area contributed by atoms with Crippen LogP contribution in [0.4, 0.5) is 4.39 Å². The number of rotatable bonds is 6. The molecule has 2 nitrogen and oxygen atoms in total. The summed E-state index contributed by atoms with van der Waals surface area (Å²) >= 11 is 0. The van der Waals surface area contributed by atoms with Gasteiger partial charge in [0.05, 0.1) is 0 Å². The summed E-state index contributed by atoms with van der Waals surface area (Å²) in [5.74, 6) is -0.255. The molecule has 0 radical (unpaired) electrons. The fourth-order valence-corrected chi connectivity index (χ4v) is 2.19. The zero-order valence-electron chi connectivity index (χ0n) is 12.2. The summed E-state index contributed by atoms with van der Waals surface area (Å²) in [7, 11) is 0. The van der Waals surface area contributed by atoms with Gasteiger partial charge in [-0.3, -0.25) is 4.98 Å². The van der Waals surface area contributed by atoms with Gasteiger partial charge in [-0.2, -0.15) is 0 Å². The molecule has 2 aromatic rings. The fourth-order valence-electron chi connectivity index (χ4n) is 2.19. The molecule has 0 aliphatic heterocycles. The predicted molar refractivity (Wildman–Crippen MR) is 83.1 cm³/mol. The summed E-state index contributed by atoms with van der Waals surface area (Å²) in [5, 5.41) is 10.5. The Bertz CT molecular complexity index is 578. The second-order valence-corrected chi connectivity index (χ2v) is 5.06. The second-order valence-electron chi connectivity index (χ2n) is 5.06. The van der Waals surface area contributed by atoms with E-state index in [1.807, 2.05) is 18.2 Å². The van der Waals surface area contributed by atoms with Crippen molar-refractivity contribution in [3.05, 3.63) is 71.3 Å². The number of unbranched alkanes of at least 4 members (excludes halogenated alkanes) is 1. The van der Waals surface area contributed by atoms with Crippen molar-refractivity contribution >= 4 is 6.08 Å². The van der Waals surface area contributed by atoms with Crippen molar-refractivity contribution in [3.8, 4) is 0 Å². The molecule has 21 heavy (non-hydrogen) atoms. The van der Waals surface area contributed by atoms with Gasteiger partial charge in [0.2, 0.25) is 0 Å². The number of benzene rings is 1. The molecule has 3 heteroatoms. The smallest absolute Gasteiger partial charge is 0.123 e. The van der Waals surface area contributed by atoms with E-state index in [4.69, 9.17) is 0 Å². The molecule has 110 valence electrons. The molecule has 1 unspecified atom stereocenters. The van der Waals surface area contributed by atoms with E-state index in [0.29, 0.717) is 0 Å². The fraction of sp³-hybridized carbons (Fsp3) is 0.278. The highest BCUT2D eigenvalue weighted by Gasteiger charge is 2.13. The van der Waals surface area contributed by atoms with Gasteiger partial charge in [0.15, 0.2) is 0 Å². The van der Waals surface area contributed by atoms with Gasteiger partial charge in [0.1, 0.15) is 11.9 Å². The highest BCUT2D eigenvalue weighted by Crippen LogP contribution is 2.27. The number of hydrogen-bond acceptors (Lipinski definition) is 2. The van der Waals surface area contributed by atoms with E-state index in [2.05, 4.69) is 11.9 Å². The Morgan fingerprint density at radius 3 is 2.67 bits per heavy atom. The SMILES string of the molecule is CCCCC(=Cc1ccc(F)cc1)C(O)c1cccnc1. The van der Waals surface area contributed by atoms with Crippen LogP contribution in [0, 0.1) is 5.82 Å². The monoisotopic (exact) mass is 285 g/mol. The maximum absolute atomic E-state index is 13.0. The topological polar surface area (TPSA) is 33.1 Å². The number of aliphatic hydroxyl groups is 1. The lowest BCUT2D eigenvalue weighted by atomic mass is 9.96. The van der Waals surface area contributed by atoms with Crippen LogP contribution < -0.4 is 0 Å². The minimum absolute atomic E-state index is 0.255. The highest BCUT2D eigenvalue weighted by atomic mass is 19.1. The molecule has 2 rings (SSSR count). The van der Waals surface area contributed by atoms with E-state index in [1.54, 1.807) is 24.5 Å². The molecule has 1 atom stereocenters. The predicted octanol–water partition coefficient (Wildman–Crippen LogP) is 4.53. The molecule has 0 aliphatic rings. The Kier molecular flexibility index (Phi) is 5.64. The molecule has 0 saturated heterocycles. The molecule has 0 fully saturated rings. The van der Waals surface area contributed by atoms with Gasteiger partial charge < -0.3 is 5.11 Å². The van der Waals surface area contributed by atoms with Crippen LogP contribution in [-0.4, -0.2) is 10.1 Å². The maximum Gasteiger partial charge on any atom is 0.123 e. The Hall–Kier alpha value is -2.00. The zero-order valence-corrected chi connectivity index (χ0v) is 12.2. The van der Waals surface area contributed by atoms with Gasteiger partial charge >= 0.3 is 0 Å². The average molecular weight is 285 g/mol. The minimum atomic E-state index is -0.671. The largest absolute Gasteiger partial charge is 0.384 e. The van der Waals surface area contributed by atoms with E-state index >= 15 is 0 Å². The van der Waals surface area contributed by atoms with Crippen LogP contribution >= 0.6 is 0 Å². The Balaban J connectivity index is 2.27. The summed E-state index contributed by atoms with van der Waals surface area (Å²) < 4.78 is 13.0. The first-order valence-corrected chi connectivity index (χ1v) is 7.24. The van der Waals surface area contributed by atoms with Crippen LogP contribution in [0.5, 0.6) is 0 Å². The normalized spacial score (nSPS) is 13.2. The van der Waals surface area contributed by atoms with Gasteiger partial charge in [0, 0.05) is 18.0 Å². The molecule has 1 aromatic heterocycles. The second kappa shape index (κ2) is 7.70. The van der Waals surface area contributed by atoms with Crippen LogP contribution in [-0.2, 0) is 0 Å². The van der Waals surface area contributed by atoms with Gasteiger partial charge in [0.25, 0.3) is 0 Å². The lowest BCUT2D eigenvalue weighted by Crippen LogP contribution is -2.02. The van der Waals surface area contributed by atoms with E-state index in [9.17, 15) is 9.50 Å². The first-order valence-electron chi connectivity index (χ1n) is 7.24. The standard InChI is InChI=1S/C18H20FNO/c1-2-3-5-15(12-14-7-9-17(19)10-8-14)18(21)16-6-4-11-20-13-16/h4,6-13,18,21H,2-3,5H2,1H3. The van der Waals surface area contributed by atoms with Crippen LogP contribution in [0.25, 0.3) is 6.08 Å². The Labute approximate surface area is 125 Å². The molecule has 0 bridgehead atoms. The molecular weight excluding hydrogens is 265 g/mol. The zero-order chi connectivity index (χ0) is 15.1. The number of aliphatic hydroxyl groups excluding tert-OH is 1. The minimum Gasteiger partial charge on any atom is -0.384 e. The van der Waals surface area contributed by atoms with Gasteiger partial charge in [-0.25, -0.2) is 4.39 Å². The lowest BCUT2D eigenvalue weighted by Gasteiger charge is -2.15. The quantitative estimate of drug-likeness (QED) is 0.846. The summed E-state index contributed by atoms with van der Waals surface area (Å²) in [6.07, 6.45) is 7.50. The Morgan fingerprint density at radius 2 is 2.05 bits per heavy atom. The summed E-state index contributed by atoms with van der Waals surface area (Å²) in [6.45, 7) is 2.12. The van der Waals surface area contributed by atoms with Crippen molar-refractivity contribution in [2.45, 2.75) is 32.3 Å². The summed E-state index contributed by atoms with van der Waals surface area (Å²) in [5.41, 5.74) is 2.60. The third-order valence-electron chi connectivity index (χ3n) is 3.39. The summed E-state index contributed by atoms with van der Waals surface area (Å²) in [6, 6.07) is 9.98. The molecule has 0 amide bonds. The Morgan fingerprint density at radius 1 is 1.29 bits per heavy atom. The lowest BCUT2D eigenvalue weighted by molar-refractivity contribution is 0.211.